The van der Waals surface area contributed by atoms with Crippen molar-refractivity contribution in [2.24, 2.45) is 0 Å². The van der Waals surface area contributed by atoms with Crippen molar-refractivity contribution in [1.82, 2.24) is 15.0 Å². The maximum Gasteiger partial charge on any atom is 0.220 e. The average molecular weight is 296 g/mol. The summed E-state index contributed by atoms with van der Waals surface area (Å²) in [7, 11) is 1.55. The van der Waals surface area contributed by atoms with Crippen LogP contribution in [0, 0.1) is 5.82 Å². The molecule has 0 aliphatic carbocycles. The van der Waals surface area contributed by atoms with Crippen LogP contribution in [0.2, 0.25) is 0 Å². The van der Waals surface area contributed by atoms with Gasteiger partial charge in [0.05, 0.1) is 12.8 Å². The average Bonchev–Trinajstić information content (AvgIpc) is 2.56. The van der Waals surface area contributed by atoms with Gasteiger partial charge in [0.15, 0.2) is 0 Å². The highest BCUT2D eigenvalue weighted by Gasteiger charge is 2.11. The lowest BCUT2D eigenvalue weighted by Gasteiger charge is -2.09. The lowest BCUT2D eigenvalue weighted by Crippen LogP contribution is -1.99. The summed E-state index contributed by atoms with van der Waals surface area (Å²) >= 11 is 0. The molecule has 0 unspecified atom stereocenters. The Morgan fingerprint density at radius 3 is 2.32 bits per heavy atom. The van der Waals surface area contributed by atoms with Gasteiger partial charge < -0.3 is 10.5 Å². The lowest BCUT2D eigenvalue weighted by molar-refractivity contribution is 0.398. The van der Waals surface area contributed by atoms with Crippen molar-refractivity contribution in [3.05, 3.63) is 54.6 Å². The molecular formula is C16H13FN4O. The van der Waals surface area contributed by atoms with E-state index in [0.717, 1.165) is 16.7 Å². The number of nitrogen functional groups attached to an aromatic ring is 1. The van der Waals surface area contributed by atoms with Gasteiger partial charge in [-0.25, -0.2) is 19.3 Å². The Balaban J connectivity index is 2.12. The molecular weight excluding hydrogens is 283 g/mol. The van der Waals surface area contributed by atoms with Crippen LogP contribution in [0.4, 0.5) is 10.3 Å². The maximum atomic E-state index is 13.1. The molecule has 0 saturated heterocycles. The van der Waals surface area contributed by atoms with E-state index in [-0.39, 0.29) is 11.8 Å². The van der Waals surface area contributed by atoms with E-state index >= 15 is 0 Å². The molecule has 0 saturated carbocycles. The largest absolute Gasteiger partial charge is 0.481 e. The Labute approximate surface area is 126 Å². The minimum absolute atomic E-state index is 0.157. The zero-order valence-electron chi connectivity index (χ0n) is 11.8. The van der Waals surface area contributed by atoms with Gasteiger partial charge in [0.2, 0.25) is 11.8 Å². The summed E-state index contributed by atoms with van der Waals surface area (Å²) in [4.78, 5) is 12.5. The van der Waals surface area contributed by atoms with Gasteiger partial charge >= 0.3 is 0 Å². The molecule has 110 valence electrons. The first kappa shape index (κ1) is 13.9. The molecule has 2 aromatic heterocycles. The van der Waals surface area contributed by atoms with Gasteiger partial charge in [0.25, 0.3) is 0 Å². The van der Waals surface area contributed by atoms with E-state index in [1.807, 2.05) is 6.07 Å². The van der Waals surface area contributed by atoms with Crippen LogP contribution < -0.4 is 10.5 Å². The summed E-state index contributed by atoms with van der Waals surface area (Å²) in [6.45, 7) is 0. The molecule has 0 fully saturated rings. The molecule has 2 N–H and O–H groups in total. The standard InChI is InChI=1S/C16H13FN4O/c1-22-14-7-4-11(8-19-14)13-9-20-16(18)21-15(13)10-2-5-12(17)6-3-10/h2-9H,1H3,(H2,18,20,21). The van der Waals surface area contributed by atoms with Crippen LogP contribution >= 0.6 is 0 Å². The number of benzene rings is 1. The molecule has 3 rings (SSSR count). The number of halogens is 1. The third-order valence-corrected chi connectivity index (χ3v) is 3.18. The summed E-state index contributed by atoms with van der Waals surface area (Å²) in [6, 6.07) is 9.66. The molecule has 0 bridgehead atoms. The highest BCUT2D eigenvalue weighted by atomic mass is 19.1. The number of hydrogen-bond donors (Lipinski definition) is 1. The normalized spacial score (nSPS) is 10.5. The second-order valence-electron chi connectivity index (χ2n) is 4.59. The van der Waals surface area contributed by atoms with Crippen molar-refractivity contribution in [2.75, 3.05) is 12.8 Å². The zero-order valence-corrected chi connectivity index (χ0v) is 11.8. The molecule has 22 heavy (non-hydrogen) atoms. The molecule has 0 aliphatic heterocycles. The summed E-state index contributed by atoms with van der Waals surface area (Å²) in [5.41, 5.74) is 8.64. The number of pyridine rings is 1. The van der Waals surface area contributed by atoms with Gasteiger partial charge in [0, 0.05) is 35.2 Å². The van der Waals surface area contributed by atoms with Crippen LogP contribution in [-0.4, -0.2) is 22.1 Å². The number of aromatic nitrogens is 3. The minimum atomic E-state index is -0.307. The summed E-state index contributed by atoms with van der Waals surface area (Å²) < 4.78 is 18.2. The minimum Gasteiger partial charge on any atom is -0.481 e. The van der Waals surface area contributed by atoms with Gasteiger partial charge in [-0.1, -0.05) is 0 Å². The molecule has 3 aromatic rings. The molecule has 1 aromatic carbocycles. The number of rotatable bonds is 3. The highest BCUT2D eigenvalue weighted by Crippen LogP contribution is 2.30. The summed E-state index contributed by atoms with van der Waals surface area (Å²) in [5, 5.41) is 0. The monoisotopic (exact) mass is 296 g/mol. The second kappa shape index (κ2) is 5.77. The van der Waals surface area contributed by atoms with Crippen LogP contribution in [0.3, 0.4) is 0 Å². The Kier molecular flexibility index (Phi) is 3.65. The number of nitrogens with zero attached hydrogens (tertiary/aromatic N) is 3. The van der Waals surface area contributed by atoms with Crippen LogP contribution in [0.25, 0.3) is 22.4 Å². The van der Waals surface area contributed by atoms with Crippen molar-refractivity contribution in [3.8, 4) is 28.3 Å². The van der Waals surface area contributed by atoms with Crippen LogP contribution in [0.5, 0.6) is 5.88 Å². The smallest absolute Gasteiger partial charge is 0.220 e. The van der Waals surface area contributed by atoms with Crippen LogP contribution in [-0.2, 0) is 0 Å². The van der Waals surface area contributed by atoms with E-state index in [1.165, 1.54) is 12.1 Å². The third-order valence-electron chi connectivity index (χ3n) is 3.18. The molecule has 2 heterocycles. The van der Waals surface area contributed by atoms with Crippen molar-refractivity contribution in [3.63, 3.8) is 0 Å². The van der Waals surface area contributed by atoms with E-state index in [0.29, 0.717) is 11.6 Å². The first-order valence-corrected chi connectivity index (χ1v) is 6.56. The molecule has 0 radical (unpaired) electrons. The number of ether oxygens (including phenoxy) is 1. The zero-order chi connectivity index (χ0) is 15.5. The van der Waals surface area contributed by atoms with Crippen molar-refractivity contribution < 1.29 is 9.13 Å². The first-order valence-electron chi connectivity index (χ1n) is 6.56. The highest BCUT2D eigenvalue weighted by molar-refractivity contribution is 5.80. The topological polar surface area (TPSA) is 73.9 Å². The van der Waals surface area contributed by atoms with Crippen molar-refractivity contribution in [2.45, 2.75) is 0 Å². The van der Waals surface area contributed by atoms with Crippen LogP contribution in [0.1, 0.15) is 0 Å². The van der Waals surface area contributed by atoms with Crippen molar-refractivity contribution >= 4 is 5.95 Å². The number of methoxy groups -OCH3 is 1. The fourth-order valence-corrected chi connectivity index (χ4v) is 2.09. The fraction of sp³-hybridized carbons (Fsp3) is 0.0625. The SMILES string of the molecule is COc1ccc(-c2cnc(N)nc2-c2ccc(F)cc2)cn1. The Hall–Kier alpha value is -3.02. The Morgan fingerprint density at radius 1 is 0.955 bits per heavy atom. The van der Waals surface area contributed by atoms with E-state index in [2.05, 4.69) is 15.0 Å². The van der Waals surface area contributed by atoms with Crippen LogP contribution in [0.15, 0.2) is 48.8 Å². The maximum absolute atomic E-state index is 13.1. The molecule has 0 amide bonds. The van der Waals surface area contributed by atoms with Gasteiger partial charge in [-0.15, -0.1) is 0 Å². The number of nitrogens with two attached hydrogens (primary N) is 1. The number of anilines is 1. The quantitative estimate of drug-likeness (QED) is 0.804. The van der Waals surface area contributed by atoms with Gasteiger partial charge in [-0.05, 0) is 30.3 Å². The number of hydrogen-bond acceptors (Lipinski definition) is 5. The summed E-state index contributed by atoms with van der Waals surface area (Å²) in [5.74, 6) is 0.367. The second-order valence-corrected chi connectivity index (χ2v) is 4.59. The van der Waals surface area contributed by atoms with Gasteiger partial charge in [0.1, 0.15) is 5.82 Å². The summed E-state index contributed by atoms with van der Waals surface area (Å²) in [6.07, 6.45) is 3.30. The lowest BCUT2D eigenvalue weighted by atomic mass is 10.0. The first-order chi connectivity index (χ1) is 10.7. The molecule has 6 heteroatoms. The Bertz CT molecular complexity index is 788. The van der Waals surface area contributed by atoms with E-state index in [9.17, 15) is 4.39 Å². The molecule has 0 atom stereocenters. The predicted octanol–water partition coefficient (Wildman–Crippen LogP) is 2.94. The van der Waals surface area contributed by atoms with E-state index in [4.69, 9.17) is 10.5 Å². The fourth-order valence-electron chi connectivity index (χ4n) is 2.09. The van der Waals surface area contributed by atoms with E-state index < -0.39 is 0 Å². The molecule has 0 aliphatic rings. The predicted molar refractivity (Wildman–Crippen MR) is 81.6 cm³/mol. The Morgan fingerprint density at radius 2 is 1.68 bits per heavy atom. The third kappa shape index (κ3) is 2.71. The van der Waals surface area contributed by atoms with Gasteiger partial charge in [-0.3, -0.25) is 0 Å². The van der Waals surface area contributed by atoms with Gasteiger partial charge in [-0.2, -0.15) is 0 Å². The molecule has 5 nitrogen and oxygen atoms in total. The molecule has 0 spiro atoms. The van der Waals surface area contributed by atoms with Crippen molar-refractivity contribution in [1.29, 1.82) is 0 Å². The van der Waals surface area contributed by atoms with E-state index in [1.54, 1.807) is 37.7 Å².